The highest BCUT2D eigenvalue weighted by atomic mass is 35.5. The first-order chi connectivity index (χ1) is 24.7. The van der Waals surface area contributed by atoms with Gasteiger partial charge in [-0.1, -0.05) is 95.6 Å². The molecule has 7 rings (SSSR count). The molecule has 0 unspecified atom stereocenters. The van der Waals surface area contributed by atoms with Gasteiger partial charge in [-0.3, -0.25) is 0 Å². The fraction of sp³-hybridized carbons (Fsp3) is 0.175. The molecule has 2 heterocycles. The van der Waals surface area contributed by atoms with Crippen LogP contribution in [0.25, 0.3) is 0 Å². The summed E-state index contributed by atoms with van der Waals surface area (Å²) >= 11 is 14.9. The van der Waals surface area contributed by atoms with Gasteiger partial charge in [0.15, 0.2) is 18.4 Å². The van der Waals surface area contributed by atoms with Gasteiger partial charge >= 0.3 is 17.9 Å². The molecule has 258 valence electrons. The van der Waals surface area contributed by atoms with Crippen LogP contribution in [0, 0.1) is 13.8 Å². The summed E-state index contributed by atoms with van der Waals surface area (Å²) in [6.45, 7) is 3.67. The minimum absolute atomic E-state index is 0.281. The summed E-state index contributed by atoms with van der Waals surface area (Å²) in [4.78, 5) is 44.2. The summed E-state index contributed by atoms with van der Waals surface area (Å²) in [5.74, 6) is -1.92. The highest BCUT2D eigenvalue weighted by Crippen LogP contribution is 2.55. The van der Waals surface area contributed by atoms with Crippen LogP contribution in [0.4, 0.5) is 11.4 Å². The summed E-state index contributed by atoms with van der Waals surface area (Å²) < 4.78 is 25.0. The number of aryl methyl sites for hydroxylation is 2. The summed E-state index contributed by atoms with van der Waals surface area (Å²) in [6, 6.07) is 33.0. The van der Waals surface area contributed by atoms with Crippen LogP contribution >= 0.6 is 35.0 Å². The van der Waals surface area contributed by atoms with Gasteiger partial charge in [0.1, 0.15) is 12.7 Å². The molecule has 5 aromatic carbocycles. The average Bonchev–Trinajstić information content (AvgIpc) is 3.46. The first-order valence-electron chi connectivity index (χ1n) is 16.1. The van der Waals surface area contributed by atoms with Crippen LogP contribution in [0.3, 0.4) is 0 Å². The molecular weight excluding hydrogens is 709 g/mol. The second-order valence-corrected chi connectivity index (χ2v) is 14.0. The smallest absolute Gasteiger partial charge is 0.338 e. The third-order valence-corrected chi connectivity index (χ3v) is 10.5. The van der Waals surface area contributed by atoms with Gasteiger partial charge < -0.3 is 23.8 Å². The molecular formula is C40H31Cl2NO7S. The molecule has 0 aliphatic carbocycles. The lowest BCUT2D eigenvalue weighted by Crippen LogP contribution is -2.47. The van der Waals surface area contributed by atoms with E-state index in [2.05, 4.69) is 6.07 Å². The first-order valence-corrected chi connectivity index (χ1v) is 17.7. The Labute approximate surface area is 309 Å². The molecule has 0 aromatic heterocycles. The average molecular weight is 741 g/mol. The van der Waals surface area contributed by atoms with E-state index < -0.39 is 42.4 Å². The number of esters is 3. The zero-order valence-corrected chi connectivity index (χ0v) is 29.8. The number of hydrogen-bond acceptors (Lipinski definition) is 9. The zero-order valence-electron chi connectivity index (χ0n) is 27.5. The van der Waals surface area contributed by atoms with E-state index in [1.54, 1.807) is 103 Å². The molecule has 2 aliphatic heterocycles. The van der Waals surface area contributed by atoms with Crippen molar-refractivity contribution >= 4 is 64.2 Å². The maximum atomic E-state index is 13.8. The normalized spacial score (nSPS) is 19.1. The molecule has 0 bridgehead atoms. The van der Waals surface area contributed by atoms with E-state index in [1.807, 2.05) is 24.8 Å². The van der Waals surface area contributed by atoms with Gasteiger partial charge in [0.05, 0.1) is 38.0 Å². The predicted octanol–water partition coefficient (Wildman–Crippen LogP) is 9.25. The zero-order chi connectivity index (χ0) is 35.6. The van der Waals surface area contributed by atoms with Gasteiger partial charge in [-0.05, 0) is 79.6 Å². The number of anilines is 2. The summed E-state index contributed by atoms with van der Waals surface area (Å²) in [6.07, 6.45) is -4.61. The van der Waals surface area contributed by atoms with E-state index in [1.165, 1.54) is 11.8 Å². The molecule has 8 nitrogen and oxygen atoms in total. The first kappa shape index (κ1) is 34.6. The van der Waals surface area contributed by atoms with Gasteiger partial charge in [0.25, 0.3) is 0 Å². The molecule has 5 aromatic rings. The van der Waals surface area contributed by atoms with Crippen molar-refractivity contribution in [3.63, 3.8) is 0 Å². The maximum Gasteiger partial charge on any atom is 0.338 e. The number of rotatable bonds is 8. The Balaban J connectivity index is 1.35. The summed E-state index contributed by atoms with van der Waals surface area (Å²) in [7, 11) is 0. The van der Waals surface area contributed by atoms with Gasteiger partial charge in [-0.2, -0.15) is 0 Å². The lowest BCUT2D eigenvalue weighted by Gasteiger charge is -2.39. The SMILES string of the molecule is Cc1cc(C)c2c(c1)N([C@@H]1O[C@H](COC(=O)c3ccccc3)[C@@H](OC(=O)c3ccccc3)[C@H]1OC(=O)c1ccccc1)c1cc(Cl)cc(Cl)c1S2. The van der Waals surface area contributed by atoms with Gasteiger partial charge in [-0.25, -0.2) is 14.4 Å². The lowest BCUT2D eigenvalue weighted by atomic mass is 10.1. The highest BCUT2D eigenvalue weighted by Gasteiger charge is 2.54. The van der Waals surface area contributed by atoms with Gasteiger partial charge in [0.2, 0.25) is 0 Å². The fourth-order valence-corrected chi connectivity index (χ4v) is 7.94. The molecule has 1 fully saturated rings. The third-order valence-electron chi connectivity index (χ3n) is 8.54. The topological polar surface area (TPSA) is 91.4 Å². The number of ether oxygens (including phenoxy) is 4. The van der Waals surface area contributed by atoms with Crippen molar-refractivity contribution in [3.05, 3.63) is 153 Å². The molecule has 4 atom stereocenters. The Bertz CT molecular complexity index is 2040. The van der Waals surface area contributed by atoms with E-state index in [0.29, 0.717) is 26.2 Å². The van der Waals surface area contributed by atoms with E-state index in [9.17, 15) is 14.4 Å². The van der Waals surface area contributed by atoms with Crippen LogP contribution in [0.1, 0.15) is 42.2 Å². The van der Waals surface area contributed by atoms with E-state index >= 15 is 0 Å². The monoisotopic (exact) mass is 739 g/mol. The minimum Gasteiger partial charge on any atom is -0.459 e. The highest BCUT2D eigenvalue weighted by molar-refractivity contribution is 8.00. The van der Waals surface area contributed by atoms with E-state index in [-0.39, 0.29) is 17.7 Å². The third kappa shape index (κ3) is 7.21. The van der Waals surface area contributed by atoms with E-state index in [0.717, 1.165) is 21.7 Å². The Kier molecular flexibility index (Phi) is 10.1. The fourth-order valence-electron chi connectivity index (χ4n) is 6.24. The number of halogens is 2. The number of hydrogen-bond donors (Lipinski definition) is 0. The van der Waals surface area contributed by atoms with Crippen LogP contribution < -0.4 is 4.90 Å². The Morgan fingerprint density at radius 1 is 0.686 bits per heavy atom. The molecule has 0 amide bonds. The quantitative estimate of drug-likeness (QED) is 0.114. The van der Waals surface area contributed by atoms with Crippen molar-refractivity contribution in [1.29, 1.82) is 0 Å². The lowest BCUT2D eigenvalue weighted by molar-refractivity contribution is -0.0446. The molecule has 0 radical (unpaired) electrons. The number of carbonyl (C=O) groups excluding carboxylic acids is 3. The summed E-state index contributed by atoms with van der Waals surface area (Å²) in [5.41, 5.74) is 4.24. The van der Waals surface area contributed by atoms with E-state index in [4.69, 9.17) is 42.1 Å². The Morgan fingerprint density at radius 2 is 1.22 bits per heavy atom. The summed E-state index contributed by atoms with van der Waals surface area (Å²) in [5, 5.41) is 0.808. The number of carbonyl (C=O) groups is 3. The molecule has 1 saturated heterocycles. The van der Waals surface area contributed by atoms with Crippen LogP contribution in [0.5, 0.6) is 0 Å². The predicted molar refractivity (Wildman–Crippen MR) is 195 cm³/mol. The van der Waals surface area contributed by atoms with Crippen LogP contribution in [-0.2, 0) is 18.9 Å². The van der Waals surface area contributed by atoms with Crippen molar-refractivity contribution < 1.29 is 33.3 Å². The van der Waals surface area contributed by atoms with Crippen LogP contribution in [0.2, 0.25) is 10.0 Å². The standard InChI is InChI=1S/C40H31Cl2NO7S/c1-23-18-24(2)35-30(19-23)43(31-21-28(41)20-29(42)36(31)51-35)37-34(50-40(46)27-16-10-5-11-17-27)33(49-39(45)26-14-8-4-9-15-26)32(48-37)22-47-38(44)25-12-6-3-7-13-25/h3-21,32-34,37H,22H2,1-2H3/t32-,33-,34-,37-/m1/s1. The van der Waals surface area contributed by atoms with Crippen molar-refractivity contribution in [2.75, 3.05) is 11.5 Å². The molecule has 11 heteroatoms. The maximum absolute atomic E-state index is 13.8. The largest absolute Gasteiger partial charge is 0.459 e. The Morgan fingerprint density at radius 3 is 1.80 bits per heavy atom. The molecule has 0 saturated carbocycles. The van der Waals surface area contributed by atoms with Crippen molar-refractivity contribution in [2.45, 2.75) is 48.2 Å². The number of benzene rings is 5. The number of fused-ring (bicyclic) bond motifs is 2. The minimum atomic E-state index is -1.23. The van der Waals surface area contributed by atoms with Crippen LogP contribution in [-0.4, -0.2) is 49.1 Å². The second-order valence-electron chi connectivity index (χ2n) is 12.1. The molecule has 51 heavy (non-hydrogen) atoms. The van der Waals surface area contributed by atoms with Crippen LogP contribution in [0.15, 0.2) is 125 Å². The number of nitrogens with zero attached hydrogens (tertiary/aromatic N) is 1. The van der Waals surface area contributed by atoms with Gasteiger partial charge in [0, 0.05) is 9.92 Å². The van der Waals surface area contributed by atoms with Crippen molar-refractivity contribution in [3.8, 4) is 0 Å². The molecule has 2 aliphatic rings. The van der Waals surface area contributed by atoms with Crippen molar-refractivity contribution in [2.24, 2.45) is 0 Å². The second kappa shape index (κ2) is 14.8. The van der Waals surface area contributed by atoms with Gasteiger partial charge in [-0.15, -0.1) is 0 Å². The molecule has 0 spiro atoms. The Hall–Kier alpha value is -4.80. The van der Waals surface area contributed by atoms with Crippen molar-refractivity contribution in [1.82, 2.24) is 0 Å². The molecule has 0 N–H and O–H groups in total.